The topological polar surface area (TPSA) is 35.5 Å². The molecule has 0 spiro atoms. The van der Waals surface area contributed by atoms with Crippen LogP contribution in [0, 0.1) is 0 Å². The first-order valence-electron chi connectivity index (χ1n) is 7.58. The van der Waals surface area contributed by atoms with E-state index in [1.807, 2.05) is 43.8 Å². The van der Waals surface area contributed by atoms with Gasteiger partial charge < -0.3 is 9.47 Å². The molecule has 118 valence electrons. The van der Waals surface area contributed by atoms with Crippen LogP contribution in [-0.4, -0.2) is 36.3 Å². The van der Waals surface area contributed by atoms with Crippen molar-refractivity contribution < 1.29 is 14.3 Å². The van der Waals surface area contributed by atoms with Gasteiger partial charge in [-0.05, 0) is 38.2 Å². The summed E-state index contributed by atoms with van der Waals surface area (Å²) in [6.45, 7) is 6.60. The number of unbranched alkanes of at least 4 members (excludes halogenated alkanes) is 1. The lowest BCUT2D eigenvalue weighted by Gasteiger charge is -2.19. The SMILES string of the molecule is CCCCSCC(COC(C)C)OC(=O)c1ccccc1. The fourth-order valence-corrected chi connectivity index (χ4v) is 2.76. The predicted octanol–water partition coefficient (Wildman–Crippen LogP) is 4.17. The Morgan fingerprint density at radius 2 is 1.95 bits per heavy atom. The molecule has 0 saturated heterocycles. The molecule has 0 heterocycles. The zero-order chi connectivity index (χ0) is 15.5. The van der Waals surface area contributed by atoms with E-state index in [1.165, 1.54) is 12.8 Å². The van der Waals surface area contributed by atoms with Gasteiger partial charge in [0, 0.05) is 5.75 Å². The second-order valence-electron chi connectivity index (χ2n) is 5.20. The highest BCUT2D eigenvalue weighted by atomic mass is 32.2. The molecule has 1 unspecified atom stereocenters. The fraction of sp³-hybridized carbons (Fsp3) is 0.588. The average Bonchev–Trinajstić information content (AvgIpc) is 2.49. The molecular formula is C17H26O3S. The van der Waals surface area contributed by atoms with E-state index in [0.29, 0.717) is 12.2 Å². The molecule has 1 aromatic rings. The second kappa shape index (κ2) is 10.7. The molecule has 4 heteroatoms. The number of esters is 1. The Morgan fingerprint density at radius 3 is 2.57 bits per heavy atom. The van der Waals surface area contributed by atoms with Gasteiger partial charge in [0.1, 0.15) is 6.10 Å². The summed E-state index contributed by atoms with van der Waals surface area (Å²) in [7, 11) is 0. The first kappa shape index (κ1) is 18.1. The summed E-state index contributed by atoms with van der Waals surface area (Å²) in [4.78, 5) is 12.1. The van der Waals surface area contributed by atoms with E-state index in [1.54, 1.807) is 12.1 Å². The lowest BCUT2D eigenvalue weighted by molar-refractivity contribution is -0.0119. The predicted molar refractivity (Wildman–Crippen MR) is 89.0 cm³/mol. The van der Waals surface area contributed by atoms with E-state index in [-0.39, 0.29) is 18.2 Å². The van der Waals surface area contributed by atoms with E-state index in [9.17, 15) is 4.79 Å². The molecule has 1 rings (SSSR count). The van der Waals surface area contributed by atoms with Crippen LogP contribution < -0.4 is 0 Å². The summed E-state index contributed by atoms with van der Waals surface area (Å²) in [5.41, 5.74) is 0.589. The monoisotopic (exact) mass is 310 g/mol. The number of benzene rings is 1. The zero-order valence-electron chi connectivity index (χ0n) is 13.2. The van der Waals surface area contributed by atoms with Crippen LogP contribution in [0.1, 0.15) is 44.0 Å². The third kappa shape index (κ3) is 8.12. The molecule has 0 aliphatic heterocycles. The summed E-state index contributed by atoms with van der Waals surface area (Å²) in [6, 6.07) is 9.11. The maximum atomic E-state index is 12.1. The van der Waals surface area contributed by atoms with Gasteiger partial charge in [-0.25, -0.2) is 4.79 Å². The Labute approximate surface area is 132 Å². The van der Waals surface area contributed by atoms with Crippen molar-refractivity contribution in [2.45, 2.75) is 45.8 Å². The number of hydrogen-bond acceptors (Lipinski definition) is 4. The summed E-state index contributed by atoms with van der Waals surface area (Å²) in [5, 5.41) is 0. The number of carbonyl (C=O) groups excluding carboxylic acids is 1. The molecule has 0 amide bonds. The highest BCUT2D eigenvalue weighted by Crippen LogP contribution is 2.12. The van der Waals surface area contributed by atoms with Crippen LogP contribution in [0.2, 0.25) is 0 Å². The first-order chi connectivity index (χ1) is 10.1. The van der Waals surface area contributed by atoms with Crippen molar-refractivity contribution in [2.24, 2.45) is 0 Å². The maximum absolute atomic E-state index is 12.1. The molecule has 21 heavy (non-hydrogen) atoms. The van der Waals surface area contributed by atoms with Crippen LogP contribution in [0.5, 0.6) is 0 Å². The molecule has 0 saturated carbocycles. The Balaban J connectivity index is 2.48. The minimum atomic E-state index is -0.274. The molecule has 3 nitrogen and oxygen atoms in total. The lowest BCUT2D eigenvalue weighted by Crippen LogP contribution is -2.27. The first-order valence-corrected chi connectivity index (χ1v) is 8.74. The van der Waals surface area contributed by atoms with Crippen LogP contribution in [0.3, 0.4) is 0 Å². The van der Waals surface area contributed by atoms with Gasteiger partial charge in [-0.1, -0.05) is 31.5 Å². The van der Waals surface area contributed by atoms with Crippen LogP contribution in [0.25, 0.3) is 0 Å². The molecule has 0 radical (unpaired) electrons. The van der Waals surface area contributed by atoms with E-state index in [4.69, 9.17) is 9.47 Å². The van der Waals surface area contributed by atoms with Gasteiger partial charge >= 0.3 is 5.97 Å². The minimum Gasteiger partial charge on any atom is -0.455 e. The fourth-order valence-electron chi connectivity index (χ4n) is 1.67. The Morgan fingerprint density at radius 1 is 1.24 bits per heavy atom. The second-order valence-corrected chi connectivity index (χ2v) is 6.35. The smallest absolute Gasteiger partial charge is 0.338 e. The third-order valence-electron chi connectivity index (χ3n) is 2.84. The van der Waals surface area contributed by atoms with Gasteiger partial charge in [0.05, 0.1) is 18.3 Å². The normalized spacial score (nSPS) is 12.4. The highest BCUT2D eigenvalue weighted by Gasteiger charge is 2.17. The van der Waals surface area contributed by atoms with Crippen LogP contribution in [0.4, 0.5) is 0 Å². The number of rotatable bonds is 10. The Kier molecular flexibility index (Phi) is 9.19. The van der Waals surface area contributed by atoms with Crippen molar-refractivity contribution in [1.82, 2.24) is 0 Å². The van der Waals surface area contributed by atoms with Gasteiger partial charge in [-0.15, -0.1) is 0 Å². The van der Waals surface area contributed by atoms with Crippen molar-refractivity contribution in [2.75, 3.05) is 18.1 Å². The minimum absolute atomic E-state index is 0.142. The number of carbonyl (C=O) groups is 1. The highest BCUT2D eigenvalue weighted by molar-refractivity contribution is 7.99. The number of hydrogen-bond donors (Lipinski definition) is 0. The summed E-state index contributed by atoms with van der Waals surface area (Å²) in [6.07, 6.45) is 2.32. The molecule has 0 aliphatic rings. The molecule has 0 aliphatic carbocycles. The van der Waals surface area contributed by atoms with Crippen molar-refractivity contribution in [3.8, 4) is 0 Å². The average molecular weight is 310 g/mol. The van der Waals surface area contributed by atoms with Crippen molar-refractivity contribution in [3.63, 3.8) is 0 Å². The molecule has 1 atom stereocenters. The summed E-state index contributed by atoms with van der Waals surface area (Å²) >= 11 is 1.82. The van der Waals surface area contributed by atoms with Gasteiger partial charge in [-0.2, -0.15) is 11.8 Å². The largest absolute Gasteiger partial charge is 0.455 e. The van der Waals surface area contributed by atoms with E-state index in [0.717, 1.165) is 11.5 Å². The maximum Gasteiger partial charge on any atom is 0.338 e. The van der Waals surface area contributed by atoms with Crippen LogP contribution >= 0.6 is 11.8 Å². The summed E-state index contributed by atoms with van der Waals surface area (Å²) < 4.78 is 11.2. The number of thioether (sulfide) groups is 1. The van der Waals surface area contributed by atoms with Gasteiger partial charge in [0.2, 0.25) is 0 Å². The molecule has 0 N–H and O–H groups in total. The quantitative estimate of drug-likeness (QED) is 0.480. The van der Waals surface area contributed by atoms with Crippen LogP contribution in [0.15, 0.2) is 30.3 Å². The summed E-state index contributed by atoms with van der Waals surface area (Å²) in [5.74, 6) is 1.60. The molecule has 0 bridgehead atoms. The molecule has 0 fully saturated rings. The molecule has 1 aromatic carbocycles. The Bertz CT molecular complexity index is 392. The van der Waals surface area contributed by atoms with Crippen molar-refractivity contribution in [3.05, 3.63) is 35.9 Å². The zero-order valence-corrected chi connectivity index (χ0v) is 14.0. The van der Waals surface area contributed by atoms with Crippen LogP contribution in [-0.2, 0) is 9.47 Å². The standard InChI is InChI=1S/C17H26O3S/c1-4-5-11-21-13-16(12-19-14(2)3)20-17(18)15-9-7-6-8-10-15/h6-10,14,16H,4-5,11-13H2,1-3H3. The lowest BCUT2D eigenvalue weighted by atomic mass is 10.2. The van der Waals surface area contributed by atoms with Gasteiger partial charge in [0.25, 0.3) is 0 Å². The van der Waals surface area contributed by atoms with E-state index in [2.05, 4.69) is 6.92 Å². The molecular weight excluding hydrogens is 284 g/mol. The third-order valence-corrected chi connectivity index (χ3v) is 4.03. The van der Waals surface area contributed by atoms with E-state index >= 15 is 0 Å². The number of ether oxygens (including phenoxy) is 2. The van der Waals surface area contributed by atoms with Gasteiger partial charge in [0.15, 0.2) is 0 Å². The van der Waals surface area contributed by atoms with E-state index < -0.39 is 0 Å². The molecule has 0 aromatic heterocycles. The van der Waals surface area contributed by atoms with Crippen molar-refractivity contribution >= 4 is 17.7 Å². The Hall–Kier alpha value is -1.00. The van der Waals surface area contributed by atoms with Gasteiger partial charge in [-0.3, -0.25) is 0 Å². The van der Waals surface area contributed by atoms with Crippen molar-refractivity contribution in [1.29, 1.82) is 0 Å².